The molecule has 0 aliphatic carbocycles. The van der Waals surface area contributed by atoms with Crippen LogP contribution in [0.3, 0.4) is 0 Å². The molecular formula is C24H20N2O5. The topological polar surface area (TPSA) is 92.8 Å². The Morgan fingerprint density at radius 1 is 0.903 bits per heavy atom. The smallest absolute Gasteiger partial charge is 0.326 e. The minimum atomic E-state index is -0.831. The van der Waals surface area contributed by atoms with Crippen molar-refractivity contribution in [1.82, 2.24) is 10.2 Å². The molecule has 0 saturated heterocycles. The summed E-state index contributed by atoms with van der Waals surface area (Å²) in [7, 11) is 0. The molecule has 1 heterocycles. The monoisotopic (exact) mass is 416 g/mol. The van der Waals surface area contributed by atoms with E-state index in [1.165, 1.54) is 12.1 Å². The predicted octanol–water partition coefficient (Wildman–Crippen LogP) is 2.86. The number of nitrogens with zero attached hydrogens (tertiary/aromatic N) is 1. The molecule has 7 nitrogen and oxygen atoms in total. The first kappa shape index (κ1) is 20.3. The van der Waals surface area contributed by atoms with Crippen LogP contribution in [0.5, 0.6) is 0 Å². The first-order chi connectivity index (χ1) is 15.0. The van der Waals surface area contributed by atoms with E-state index in [0.29, 0.717) is 0 Å². The van der Waals surface area contributed by atoms with Gasteiger partial charge in [0.1, 0.15) is 6.54 Å². The highest BCUT2D eigenvalue weighted by molar-refractivity contribution is 6.22. The Labute approximate surface area is 178 Å². The van der Waals surface area contributed by atoms with Crippen molar-refractivity contribution in [3.8, 4) is 0 Å². The van der Waals surface area contributed by atoms with Gasteiger partial charge in [-0.15, -0.1) is 0 Å². The summed E-state index contributed by atoms with van der Waals surface area (Å²) in [6.45, 7) is 0.801. The summed E-state index contributed by atoms with van der Waals surface area (Å²) in [6.07, 6.45) is 0. The molecule has 0 radical (unpaired) electrons. The number of benzene rings is 3. The number of hydrogen-bond donors (Lipinski definition) is 1. The highest BCUT2D eigenvalue weighted by atomic mass is 16.5. The third kappa shape index (κ3) is 4.02. The zero-order chi connectivity index (χ0) is 22.0. The quantitative estimate of drug-likeness (QED) is 0.493. The van der Waals surface area contributed by atoms with Crippen LogP contribution in [0.2, 0.25) is 0 Å². The molecule has 31 heavy (non-hydrogen) atoms. The Morgan fingerprint density at radius 2 is 1.52 bits per heavy atom. The van der Waals surface area contributed by atoms with Crippen molar-refractivity contribution in [2.24, 2.45) is 0 Å². The lowest BCUT2D eigenvalue weighted by molar-refractivity contribution is -0.148. The Kier molecular flexibility index (Phi) is 5.49. The van der Waals surface area contributed by atoms with E-state index in [1.54, 1.807) is 12.1 Å². The Hall–Kier alpha value is -4.00. The molecule has 7 heteroatoms. The lowest BCUT2D eigenvalue weighted by Crippen LogP contribution is -2.37. The number of fused-ring (bicyclic) bond motifs is 2. The van der Waals surface area contributed by atoms with Crippen molar-refractivity contribution in [1.29, 1.82) is 0 Å². The number of esters is 1. The molecule has 3 amide bonds. The van der Waals surface area contributed by atoms with E-state index < -0.39 is 36.8 Å². The Balaban J connectivity index is 1.32. The van der Waals surface area contributed by atoms with E-state index in [0.717, 1.165) is 21.2 Å². The summed E-state index contributed by atoms with van der Waals surface area (Å²) in [5, 5.41) is 4.90. The second-order valence-corrected chi connectivity index (χ2v) is 7.26. The number of hydrogen-bond acceptors (Lipinski definition) is 5. The van der Waals surface area contributed by atoms with Crippen LogP contribution in [0.4, 0.5) is 0 Å². The van der Waals surface area contributed by atoms with Gasteiger partial charge in [-0.05, 0) is 35.4 Å². The van der Waals surface area contributed by atoms with Gasteiger partial charge >= 0.3 is 5.97 Å². The molecule has 156 valence electrons. The van der Waals surface area contributed by atoms with Gasteiger partial charge in [-0.2, -0.15) is 0 Å². The lowest BCUT2D eigenvalue weighted by atomic mass is 10.00. The van der Waals surface area contributed by atoms with Gasteiger partial charge in [0, 0.05) is 0 Å². The van der Waals surface area contributed by atoms with Crippen LogP contribution in [0, 0.1) is 0 Å². The summed E-state index contributed by atoms with van der Waals surface area (Å²) in [4.78, 5) is 49.8. The van der Waals surface area contributed by atoms with Crippen molar-refractivity contribution >= 4 is 34.5 Å². The predicted molar refractivity (Wildman–Crippen MR) is 113 cm³/mol. The molecule has 0 aromatic heterocycles. The highest BCUT2D eigenvalue weighted by Crippen LogP contribution is 2.24. The fraction of sp³-hybridized carbons (Fsp3) is 0.167. The maximum Gasteiger partial charge on any atom is 0.326 e. The first-order valence-corrected chi connectivity index (χ1v) is 9.83. The number of amides is 3. The Bertz CT molecular complexity index is 1160. The van der Waals surface area contributed by atoms with Crippen LogP contribution < -0.4 is 5.32 Å². The normalized spacial score (nSPS) is 13.8. The van der Waals surface area contributed by atoms with Crippen LogP contribution in [0.25, 0.3) is 10.8 Å². The minimum absolute atomic E-state index is 0.252. The Morgan fingerprint density at radius 3 is 2.23 bits per heavy atom. The molecule has 1 N–H and O–H groups in total. The molecule has 0 saturated carbocycles. The van der Waals surface area contributed by atoms with Crippen molar-refractivity contribution in [2.45, 2.75) is 13.0 Å². The van der Waals surface area contributed by atoms with Gasteiger partial charge in [0.25, 0.3) is 17.7 Å². The second kappa shape index (κ2) is 8.39. The number of imide groups is 1. The van der Waals surface area contributed by atoms with Crippen molar-refractivity contribution < 1.29 is 23.9 Å². The SMILES string of the molecule is CC(NC(=O)COC(=O)CN1C(=O)c2ccccc2C1=O)c1cccc2ccccc12. The van der Waals surface area contributed by atoms with Gasteiger partial charge in [0.2, 0.25) is 0 Å². The zero-order valence-electron chi connectivity index (χ0n) is 16.8. The molecule has 0 bridgehead atoms. The molecule has 1 aliphatic heterocycles. The molecular weight excluding hydrogens is 396 g/mol. The van der Waals surface area contributed by atoms with Gasteiger partial charge in [-0.25, -0.2) is 0 Å². The molecule has 1 atom stereocenters. The second-order valence-electron chi connectivity index (χ2n) is 7.26. The van der Waals surface area contributed by atoms with Crippen LogP contribution in [-0.4, -0.2) is 41.7 Å². The lowest BCUT2D eigenvalue weighted by Gasteiger charge is -2.17. The van der Waals surface area contributed by atoms with E-state index >= 15 is 0 Å². The summed E-state index contributed by atoms with van der Waals surface area (Å²) in [5.41, 5.74) is 1.45. The van der Waals surface area contributed by atoms with E-state index in [1.807, 2.05) is 49.4 Å². The summed E-state index contributed by atoms with van der Waals surface area (Å²) >= 11 is 0. The van der Waals surface area contributed by atoms with Gasteiger partial charge in [0.05, 0.1) is 17.2 Å². The van der Waals surface area contributed by atoms with Gasteiger partial charge in [-0.1, -0.05) is 54.6 Å². The van der Waals surface area contributed by atoms with Crippen LogP contribution >= 0.6 is 0 Å². The highest BCUT2D eigenvalue weighted by Gasteiger charge is 2.36. The molecule has 3 aromatic carbocycles. The van der Waals surface area contributed by atoms with Gasteiger partial charge < -0.3 is 10.1 Å². The average molecular weight is 416 g/mol. The molecule has 0 spiro atoms. The third-order valence-corrected chi connectivity index (χ3v) is 5.20. The largest absolute Gasteiger partial charge is 0.454 e. The van der Waals surface area contributed by atoms with E-state index in [9.17, 15) is 19.2 Å². The third-order valence-electron chi connectivity index (χ3n) is 5.20. The number of carbonyl (C=O) groups excluding carboxylic acids is 4. The first-order valence-electron chi connectivity index (χ1n) is 9.83. The molecule has 1 aliphatic rings. The van der Waals surface area contributed by atoms with E-state index in [2.05, 4.69) is 5.32 Å². The fourth-order valence-corrected chi connectivity index (χ4v) is 3.69. The molecule has 0 fully saturated rings. The maximum atomic E-state index is 12.3. The number of nitrogens with one attached hydrogen (secondary N) is 1. The molecule has 3 aromatic rings. The molecule has 1 unspecified atom stereocenters. The molecule has 4 rings (SSSR count). The van der Waals surface area contributed by atoms with Gasteiger partial charge in [0.15, 0.2) is 6.61 Å². The van der Waals surface area contributed by atoms with Crippen LogP contribution in [0.15, 0.2) is 66.7 Å². The fourth-order valence-electron chi connectivity index (χ4n) is 3.69. The van der Waals surface area contributed by atoms with Gasteiger partial charge in [-0.3, -0.25) is 24.1 Å². The number of rotatable bonds is 6. The maximum absolute atomic E-state index is 12.3. The minimum Gasteiger partial charge on any atom is -0.454 e. The van der Waals surface area contributed by atoms with Crippen LogP contribution in [-0.2, 0) is 14.3 Å². The van der Waals surface area contributed by atoms with Crippen LogP contribution in [0.1, 0.15) is 39.2 Å². The standard InChI is InChI=1S/C24H20N2O5/c1-15(17-12-6-8-16-7-2-3-9-18(16)17)25-21(27)14-31-22(28)13-26-23(29)19-10-4-5-11-20(19)24(26)30/h2-12,15H,13-14H2,1H3,(H,25,27). The van der Waals surface area contributed by atoms with Crippen molar-refractivity contribution in [2.75, 3.05) is 13.2 Å². The van der Waals surface area contributed by atoms with E-state index in [-0.39, 0.29) is 17.2 Å². The summed E-state index contributed by atoms with van der Waals surface area (Å²) < 4.78 is 4.99. The van der Waals surface area contributed by atoms with Crippen molar-refractivity contribution in [3.63, 3.8) is 0 Å². The summed E-state index contributed by atoms with van der Waals surface area (Å²) in [6, 6.07) is 19.8. The summed E-state index contributed by atoms with van der Waals surface area (Å²) in [5.74, 6) is -2.41. The zero-order valence-corrected chi connectivity index (χ0v) is 16.8. The van der Waals surface area contributed by atoms with E-state index in [4.69, 9.17) is 4.74 Å². The average Bonchev–Trinajstić information content (AvgIpc) is 3.02. The number of carbonyl (C=O) groups is 4. The van der Waals surface area contributed by atoms with Crippen molar-refractivity contribution in [3.05, 3.63) is 83.4 Å². The number of ether oxygens (including phenoxy) is 1.